The van der Waals surface area contributed by atoms with Crippen LogP contribution in [0.4, 0.5) is 0 Å². The maximum Gasteiger partial charge on any atom is 0.220 e. The number of hydrogen-bond donors (Lipinski definition) is 2. The number of ether oxygens (including phenoxy) is 2. The molecule has 0 aromatic rings. The van der Waals surface area contributed by atoms with Crippen molar-refractivity contribution in [2.75, 3.05) is 25.5 Å². The summed E-state index contributed by atoms with van der Waals surface area (Å²) in [6.45, 7) is 10.0. The number of terminal acetylenes is 1. The Kier molecular flexibility index (Phi) is 10.6. The summed E-state index contributed by atoms with van der Waals surface area (Å²) in [6, 6.07) is 0. The van der Waals surface area contributed by atoms with Crippen LogP contribution in [0.25, 0.3) is 0 Å². The minimum atomic E-state index is -0.279. The molecule has 0 saturated carbocycles. The Bertz CT molecular complexity index is 361. The largest absolute Gasteiger partial charge is 0.375 e. The van der Waals surface area contributed by atoms with Crippen molar-refractivity contribution >= 4 is 18.5 Å². The van der Waals surface area contributed by atoms with Gasteiger partial charge >= 0.3 is 0 Å². The first-order valence-electron chi connectivity index (χ1n) is 7.81. The van der Waals surface area contributed by atoms with Crippen molar-refractivity contribution < 1.29 is 14.3 Å². The van der Waals surface area contributed by atoms with Crippen LogP contribution in [0.5, 0.6) is 0 Å². The molecule has 0 atom stereocenters. The molecule has 0 aliphatic rings. The van der Waals surface area contributed by atoms with Crippen molar-refractivity contribution in [3.8, 4) is 12.3 Å². The summed E-state index contributed by atoms with van der Waals surface area (Å²) in [4.78, 5) is 11.5. The van der Waals surface area contributed by atoms with Gasteiger partial charge in [0.05, 0.1) is 24.4 Å². The van der Waals surface area contributed by atoms with Crippen LogP contribution in [0.15, 0.2) is 0 Å². The summed E-state index contributed by atoms with van der Waals surface area (Å²) in [5.41, 5.74) is -0.485. The van der Waals surface area contributed by atoms with E-state index in [1.165, 1.54) is 0 Å². The smallest absolute Gasteiger partial charge is 0.220 e. The number of hydrogen-bond acceptors (Lipinski definition) is 4. The van der Waals surface area contributed by atoms with E-state index in [0.717, 1.165) is 18.6 Å². The highest BCUT2D eigenvalue weighted by Crippen LogP contribution is 2.19. The minimum absolute atomic E-state index is 0.00459. The van der Waals surface area contributed by atoms with Crippen LogP contribution in [0.3, 0.4) is 0 Å². The fourth-order valence-corrected chi connectivity index (χ4v) is 1.91. The number of amides is 1. The molecule has 0 aromatic heterocycles. The summed E-state index contributed by atoms with van der Waals surface area (Å²) in [5.74, 6) is 3.17. The van der Waals surface area contributed by atoms with Gasteiger partial charge in [-0.3, -0.25) is 4.79 Å². The molecule has 0 aliphatic carbocycles. The van der Waals surface area contributed by atoms with Crippen molar-refractivity contribution in [1.82, 2.24) is 5.32 Å². The average Bonchev–Trinajstić information content (AvgIpc) is 2.42. The van der Waals surface area contributed by atoms with Crippen molar-refractivity contribution in [3.63, 3.8) is 0 Å². The molecule has 0 bridgehead atoms. The molecule has 0 spiro atoms. The lowest BCUT2D eigenvalue weighted by atomic mass is 10.0. The van der Waals surface area contributed by atoms with E-state index in [1.807, 2.05) is 13.8 Å². The number of rotatable bonds is 12. The molecule has 0 aliphatic heterocycles. The molecule has 0 unspecified atom stereocenters. The monoisotopic (exact) mass is 329 g/mol. The van der Waals surface area contributed by atoms with Gasteiger partial charge in [-0.05, 0) is 40.5 Å². The average molecular weight is 330 g/mol. The molecule has 0 radical (unpaired) electrons. The highest BCUT2D eigenvalue weighted by molar-refractivity contribution is 7.80. The Labute approximate surface area is 141 Å². The van der Waals surface area contributed by atoms with Gasteiger partial charge < -0.3 is 14.8 Å². The van der Waals surface area contributed by atoms with Crippen molar-refractivity contribution in [3.05, 3.63) is 0 Å². The van der Waals surface area contributed by atoms with Crippen LogP contribution >= 0.6 is 12.6 Å². The third-order valence-corrected chi connectivity index (χ3v) is 3.51. The van der Waals surface area contributed by atoms with E-state index >= 15 is 0 Å². The second-order valence-corrected chi connectivity index (χ2v) is 6.94. The third-order valence-electron chi connectivity index (χ3n) is 3.33. The van der Waals surface area contributed by atoms with Gasteiger partial charge in [-0.1, -0.05) is 0 Å². The Morgan fingerprint density at radius 1 is 1.14 bits per heavy atom. The van der Waals surface area contributed by atoms with E-state index in [0.29, 0.717) is 32.6 Å². The highest BCUT2D eigenvalue weighted by Gasteiger charge is 2.22. The zero-order chi connectivity index (χ0) is 17.1. The molecule has 0 fully saturated rings. The van der Waals surface area contributed by atoms with E-state index in [2.05, 4.69) is 37.7 Å². The van der Waals surface area contributed by atoms with Crippen LogP contribution < -0.4 is 5.32 Å². The second-order valence-electron chi connectivity index (χ2n) is 6.49. The lowest BCUT2D eigenvalue weighted by Gasteiger charge is -2.29. The number of carbonyl (C=O) groups excluding carboxylic acids is 1. The van der Waals surface area contributed by atoms with Crippen LogP contribution in [-0.2, 0) is 14.3 Å². The van der Waals surface area contributed by atoms with Gasteiger partial charge in [0.15, 0.2) is 0 Å². The summed E-state index contributed by atoms with van der Waals surface area (Å²) in [5, 5.41) is 2.86. The molecule has 0 heterocycles. The van der Waals surface area contributed by atoms with Crippen LogP contribution in [-0.4, -0.2) is 42.6 Å². The molecule has 0 aromatic carbocycles. The van der Waals surface area contributed by atoms with E-state index in [-0.39, 0.29) is 17.1 Å². The molecular weight excluding hydrogens is 298 g/mol. The lowest BCUT2D eigenvalue weighted by Crippen LogP contribution is -2.34. The van der Waals surface area contributed by atoms with Gasteiger partial charge in [-0.15, -0.1) is 12.3 Å². The Morgan fingerprint density at radius 3 is 2.32 bits per heavy atom. The van der Waals surface area contributed by atoms with Gasteiger partial charge in [0.25, 0.3) is 0 Å². The van der Waals surface area contributed by atoms with Crippen LogP contribution in [0.1, 0.15) is 53.4 Å². The summed E-state index contributed by atoms with van der Waals surface area (Å²) in [6.07, 6.45) is 7.57. The zero-order valence-electron chi connectivity index (χ0n) is 14.4. The maximum absolute atomic E-state index is 11.5. The summed E-state index contributed by atoms with van der Waals surface area (Å²) >= 11 is 4.14. The first-order chi connectivity index (χ1) is 10.2. The molecule has 1 N–H and O–H groups in total. The van der Waals surface area contributed by atoms with E-state index in [4.69, 9.17) is 15.9 Å². The molecule has 0 rings (SSSR count). The predicted molar refractivity (Wildman–Crippen MR) is 94.2 cm³/mol. The summed E-state index contributed by atoms with van der Waals surface area (Å²) in [7, 11) is 0. The maximum atomic E-state index is 11.5. The van der Waals surface area contributed by atoms with Gasteiger partial charge in [0.2, 0.25) is 5.91 Å². The fraction of sp³-hybridized carbons (Fsp3) is 0.824. The van der Waals surface area contributed by atoms with Gasteiger partial charge in [0, 0.05) is 25.1 Å². The SMILES string of the molecule is C#CCCC(=O)NCCC(C)(C)OCCC(C)(C)OCCS. The molecule has 128 valence electrons. The van der Waals surface area contributed by atoms with Gasteiger partial charge in [0.1, 0.15) is 0 Å². The lowest BCUT2D eigenvalue weighted by molar-refractivity contribution is -0.121. The van der Waals surface area contributed by atoms with Crippen molar-refractivity contribution in [1.29, 1.82) is 0 Å². The quantitative estimate of drug-likeness (QED) is 0.427. The Hall–Kier alpha value is -0.700. The number of nitrogens with one attached hydrogen (secondary N) is 1. The molecule has 1 amide bonds. The molecule has 4 nitrogen and oxygen atoms in total. The van der Waals surface area contributed by atoms with Crippen LogP contribution in [0, 0.1) is 12.3 Å². The van der Waals surface area contributed by atoms with Gasteiger partial charge in [-0.25, -0.2) is 0 Å². The third kappa shape index (κ3) is 11.9. The van der Waals surface area contributed by atoms with Crippen molar-refractivity contribution in [2.45, 2.75) is 64.6 Å². The number of thiol groups is 1. The molecule has 22 heavy (non-hydrogen) atoms. The topological polar surface area (TPSA) is 47.6 Å². The summed E-state index contributed by atoms with van der Waals surface area (Å²) < 4.78 is 11.6. The van der Waals surface area contributed by atoms with E-state index < -0.39 is 0 Å². The second kappa shape index (κ2) is 10.9. The van der Waals surface area contributed by atoms with Crippen LogP contribution in [0.2, 0.25) is 0 Å². The van der Waals surface area contributed by atoms with E-state index in [9.17, 15) is 4.79 Å². The van der Waals surface area contributed by atoms with Crippen molar-refractivity contribution in [2.24, 2.45) is 0 Å². The predicted octanol–water partition coefficient (Wildman–Crippen LogP) is 2.82. The van der Waals surface area contributed by atoms with Gasteiger partial charge in [-0.2, -0.15) is 12.6 Å². The zero-order valence-corrected chi connectivity index (χ0v) is 15.3. The standard InChI is InChI=1S/C17H31NO3S/c1-6-7-8-15(19)18-11-9-16(2,3)20-12-10-17(4,5)21-13-14-22/h1,22H,7-14H2,2-5H3,(H,18,19). The normalized spacial score (nSPS) is 12.0. The molecule has 0 saturated heterocycles. The minimum Gasteiger partial charge on any atom is -0.375 e. The first-order valence-corrected chi connectivity index (χ1v) is 8.44. The molecular formula is C17H31NO3S. The first kappa shape index (κ1) is 21.3. The Morgan fingerprint density at radius 2 is 1.73 bits per heavy atom. The van der Waals surface area contributed by atoms with E-state index in [1.54, 1.807) is 0 Å². The fourth-order valence-electron chi connectivity index (χ4n) is 1.82. The highest BCUT2D eigenvalue weighted by atomic mass is 32.1. The molecule has 5 heteroatoms. The number of carbonyl (C=O) groups is 1. The Balaban J connectivity index is 3.90.